The molecule has 0 aromatic heterocycles. The van der Waals surface area contributed by atoms with Gasteiger partial charge >= 0.3 is 12.0 Å². The molecule has 5 aliphatic rings. The fraction of sp³-hybridized carbons (Fsp3) is 0.300. The zero-order chi connectivity index (χ0) is 51.6. The van der Waals surface area contributed by atoms with Crippen LogP contribution in [-0.4, -0.2) is 108 Å². The Morgan fingerprint density at radius 2 is 1.45 bits per heavy atom. The number of carbonyl (C=O) groups is 4. The van der Waals surface area contributed by atoms with Crippen molar-refractivity contribution in [3.63, 3.8) is 0 Å². The van der Waals surface area contributed by atoms with E-state index in [0.717, 1.165) is 21.6 Å². The molecule has 0 aliphatic carbocycles. The maximum absolute atomic E-state index is 16.9. The van der Waals surface area contributed by atoms with Crippen molar-refractivity contribution in [2.45, 2.75) is 55.6 Å². The number of anilines is 1. The van der Waals surface area contributed by atoms with Crippen LogP contribution in [0, 0.1) is 17.8 Å². The third-order valence-corrected chi connectivity index (χ3v) is 15.1. The third-order valence-electron chi connectivity index (χ3n) is 15.1. The molecular formula is C60H57N5O10. The van der Waals surface area contributed by atoms with Crippen molar-refractivity contribution in [3.05, 3.63) is 191 Å². The van der Waals surface area contributed by atoms with Crippen LogP contribution in [0.1, 0.15) is 76.5 Å². The average molecular weight is 1010 g/mol. The van der Waals surface area contributed by atoms with Crippen LogP contribution < -0.4 is 24.4 Å². The molecule has 7 atom stereocenters. The van der Waals surface area contributed by atoms with Crippen molar-refractivity contribution in [1.82, 2.24) is 20.0 Å². The number of fused-ring (bicyclic) bond motifs is 4. The lowest BCUT2D eigenvalue weighted by Gasteiger charge is -2.46. The Balaban J connectivity index is 1.11. The molecule has 3 saturated heterocycles. The van der Waals surface area contributed by atoms with E-state index in [2.05, 4.69) is 22.1 Å². The summed E-state index contributed by atoms with van der Waals surface area (Å²) in [6.07, 6.45) is -0.723. The number of morpholine rings is 1. The summed E-state index contributed by atoms with van der Waals surface area (Å²) >= 11 is 0. The molecule has 0 radical (unpaired) electrons. The highest BCUT2D eigenvalue weighted by molar-refractivity contribution is 6.24. The Kier molecular flexibility index (Phi) is 13.8. The molecule has 11 rings (SSSR count). The second kappa shape index (κ2) is 21.1. The lowest BCUT2D eigenvalue weighted by atomic mass is 9.64. The molecule has 4 amide bonds. The van der Waals surface area contributed by atoms with Gasteiger partial charge in [-0.1, -0.05) is 121 Å². The van der Waals surface area contributed by atoms with E-state index in [0.29, 0.717) is 59.1 Å². The van der Waals surface area contributed by atoms with Crippen LogP contribution in [0.2, 0.25) is 0 Å². The number of piperazine rings is 1. The van der Waals surface area contributed by atoms with Crippen LogP contribution in [-0.2, 0) is 31.1 Å². The number of aliphatic hydroxyl groups excluding tert-OH is 2. The highest BCUT2D eigenvalue weighted by Gasteiger charge is 2.76. The molecule has 15 nitrogen and oxygen atoms in total. The maximum Gasteiger partial charge on any atom is 0.329 e. The zero-order valence-corrected chi connectivity index (χ0v) is 41.4. The molecule has 3 fully saturated rings. The van der Waals surface area contributed by atoms with E-state index < -0.39 is 65.4 Å². The van der Waals surface area contributed by atoms with Gasteiger partial charge in [0.25, 0.3) is 0 Å². The quantitative estimate of drug-likeness (QED) is 0.0849. The van der Waals surface area contributed by atoms with Crippen molar-refractivity contribution >= 4 is 29.5 Å². The molecule has 0 saturated carbocycles. The van der Waals surface area contributed by atoms with Gasteiger partial charge in [0.15, 0.2) is 11.5 Å². The summed E-state index contributed by atoms with van der Waals surface area (Å²) in [4.78, 5) is 71.4. The summed E-state index contributed by atoms with van der Waals surface area (Å²) in [6.45, 7) is 3.79. The molecule has 75 heavy (non-hydrogen) atoms. The molecule has 15 heteroatoms. The van der Waals surface area contributed by atoms with Gasteiger partial charge in [0.2, 0.25) is 18.6 Å². The number of urea groups is 1. The van der Waals surface area contributed by atoms with Crippen LogP contribution in [0.5, 0.6) is 17.2 Å². The fourth-order valence-corrected chi connectivity index (χ4v) is 11.8. The van der Waals surface area contributed by atoms with E-state index in [1.54, 1.807) is 35.2 Å². The number of nitrogens with zero attached hydrogens (tertiary/aromatic N) is 4. The van der Waals surface area contributed by atoms with E-state index in [1.165, 1.54) is 0 Å². The average Bonchev–Trinajstić information content (AvgIpc) is 4.22. The molecule has 6 aromatic carbocycles. The summed E-state index contributed by atoms with van der Waals surface area (Å²) in [6, 6.07) is 42.3. The number of hydrogen-bond donors (Lipinski definition) is 3. The number of nitrogens with one attached hydrogen (secondary N) is 1. The largest absolute Gasteiger partial charge is 0.491 e. The Morgan fingerprint density at radius 1 is 0.760 bits per heavy atom. The van der Waals surface area contributed by atoms with Crippen LogP contribution in [0.25, 0.3) is 0 Å². The summed E-state index contributed by atoms with van der Waals surface area (Å²) in [5.74, 6) is 4.74. The van der Waals surface area contributed by atoms with Gasteiger partial charge in [-0.2, -0.15) is 0 Å². The van der Waals surface area contributed by atoms with Crippen molar-refractivity contribution < 1.29 is 48.3 Å². The number of rotatable bonds is 12. The lowest BCUT2D eigenvalue weighted by Crippen LogP contribution is -2.59. The fourth-order valence-electron chi connectivity index (χ4n) is 11.8. The number of carbonyl (C=O) groups excluding carboxylic acids is 4. The number of amides is 4. The van der Waals surface area contributed by atoms with E-state index in [9.17, 15) is 10.2 Å². The predicted molar refractivity (Wildman–Crippen MR) is 277 cm³/mol. The first-order chi connectivity index (χ1) is 36.7. The highest BCUT2D eigenvalue weighted by Crippen LogP contribution is 2.66. The summed E-state index contributed by atoms with van der Waals surface area (Å²) < 4.78 is 23.8. The highest BCUT2D eigenvalue weighted by atomic mass is 16.7. The monoisotopic (exact) mass is 1010 g/mol. The smallest absolute Gasteiger partial charge is 0.329 e. The van der Waals surface area contributed by atoms with Crippen LogP contribution in [0.3, 0.4) is 0 Å². The molecular weight excluding hydrogens is 951 g/mol. The van der Waals surface area contributed by atoms with E-state index in [4.69, 9.17) is 18.9 Å². The Hall–Kier alpha value is -8.00. The lowest BCUT2D eigenvalue weighted by molar-refractivity contribution is -0.179. The van der Waals surface area contributed by atoms with Crippen molar-refractivity contribution in [2.24, 2.45) is 5.92 Å². The van der Waals surface area contributed by atoms with E-state index in [-0.39, 0.29) is 51.8 Å². The van der Waals surface area contributed by atoms with Gasteiger partial charge in [-0.3, -0.25) is 24.2 Å². The number of esters is 1. The predicted octanol–water partition coefficient (Wildman–Crippen LogP) is 7.00. The maximum atomic E-state index is 16.9. The molecule has 7 unspecified atom stereocenters. The molecule has 3 N–H and O–H groups in total. The molecule has 1 spiro atoms. The number of aliphatic hydroxyl groups is 2. The second-order valence-corrected chi connectivity index (χ2v) is 19.4. The molecule has 382 valence electrons. The van der Waals surface area contributed by atoms with Gasteiger partial charge in [0, 0.05) is 44.7 Å². The summed E-state index contributed by atoms with van der Waals surface area (Å²) in [7, 11) is 0. The van der Waals surface area contributed by atoms with Crippen molar-refractivity contribution in [2.75, 3.05) is 57.7 Å². The second-order valence-electron chi connectivity index (χ2n) is 19.4. The van der Waals surface area contributed by atoms with Gasteiger partial charge in [-0.15, -0.1) is 0 Å². The van der Waals surface area contributed by atoms with Crippen molar-refractivity contribution in [1.29, 1.82) is 0 Å². The summed E-state index contributed by atoms with van der Waals surface area (Å²) in [5.41, 5.74) is 2.98. The van der Waals surface area contributed by atoms with Gasteiger partial charge in [-0.25, -0.2) is 9.69 Å². The molecule has 0 bridgehead atoms. The van der Waals surface area contributed by atoms with Crippen molar-refractivity contribution in [3.8, 4) is 29.1 Å². The van der Waals surface area contributed by atoms with E-state index in [1.807, 2.05) is 133 Å². The number of cyclic esters (lactones) is 1. The van der Waals surface area contributed by atoms with Gasteiger partial charge < -0.3 is 39.4 Å². The minimum atomic E-state index is -1.99. The van der Waals surface area contributed by atoms with Crippen LogP contribution >= 0.6 is 0 Å². The Morgan fingerprint density at radius 3 is 2.16 bits per heavy atom. The minimum Gasteiger partial charge on any atom is -0.491 e. The van der Waals surface area contributed by atoms with E-state index >= 15 is 19.2 Å². The number of imide groups is 1. The topological polar surface area (TPSA) is 171 Å². The SMILES string of the molecule is CC(NC(=O)N1C(=O)C2(c3cc(C#CCCO)ccc31)C(C(=O)N1CCN(Cc3ccc4c(c3)OCO4)CC1)C1C(=O)OC(c3ccccc3)C(c3ccccc3)N1C2c1ccc(OCCO)cc1)c1ccccc1. The summed E-state index contributed by atoms with van der Waals surface area (Å²) in [5, 5.41) is 22.5. The van der Waals surface area contributed by atoms with Gasteiger partial charge in [0.05, 0.1) is 42.9 Å². The first kappa shape index (κ1) is 49.2. The van der Waals surface area contributed by atoms with Gasteiger partial charge in [0.1, 0.15) is 29.9 Å². The van der Waals surface area contributed by atoms with Crippen LogP contribution in [0.15, 0.2) is 152 Å². The minimum absolute atomic E-state index is 0.0412. The Labute approximate surface area is 435 Å². The zero-order valence-electron chi connectivity index (χ0n) is 41.4. The number of ether oxygens (including phenoxy) is 4. The molecule has 5 heterocycles. The third kappa shape index (κ3) is 9.03. The van der Waals surface area contributed by atoms with Gasteiger partial charge in [-0.05, 0) is 82.8 Å². The number of hydrogen-bond acceptors (Lipinski definition) is 12. The van der Waals surface area contributed by atoms with Crippen LogP contribution in [0.4, 0.5) is 10.5 Å². The Bertz CT molecular complexity index is 3140. The first-order valence-corrected chi connectivity index (χ1v) is 25.4. The molecule has 6 aromatic rings. The standard InChI is InChI=1S/C60H57N5O10/c1-39(42-14-5-2-6-15-42)61-59(71)64-48-26-20-40(13-11-12-32-66)35-47(48)60(58(64)70)51(56(68)63-30-28-62(29-31-63)37-41-21-27-49-50(36-41)74-38-73-49)53-57(69)75-54(44-18-9-4-10-19-44)52(43-16-7-3-8-17-43)65(53)55(60)45-22-24-46(25-23-45)72-34-33-67/h2-10,14-27,35-36,39,51-55,66-67H,12,28-34,37-38H2,1H3,(H,61,71). The number of benzene rings is 6. The molecule has 5 aliphatic heterocycles. The first-order valence-electron chi connectivity index (χ1n) is 25.4. The normalized spacial score (nSPS) is 23.2.